The molecule has 0 spiro atoms. The first-order valence-electron chi connectivity index (χ1n) is 4.16. The van der Waals surface area contributed by atoms with Crippen LogP contribution in [0.1, 0.15) is 26.7 Å². The Labute approximate surface area is 67.7 Å². The summed E-state index contributed by atoms with van der Waals surface area (Å²) < 4.78 is 0. The molecule has 0 aliphatic carbocycles. The molecule has 0 amide bonds. The zero-order valence-electron chi connectivity index (χ0n) is 7.18. The van der Waals surface area contributed by atoms with Crippen molar-refractivity contribution in [3.63, 3.8) is 0 Å². The smallest absolute Gasteiger partial charge is 0.175 e. The van der Waals surface area contributed by atoms with E-state index in [-0.39, 0.29) is 11.8 Å². The highest BCUT2D eigenvalue weighted by atomic mass is 16.1. The van der Waals surface area contributed by atoms with Crippen molar-refractivity contribution in [3.05, 3.63) is 11.6 Å². The molecular weight excluding hydrogens is 138 g/mol. The number of hydrogen-bond donors (Lipinski definition) is 1. The van der Waals surface area contributed by atoms with E-state index in [1.165, 1.54) is 0 Å². The largest absolute Gasteiger partial charge is 0.307 e. The minimum absolute atomic E-state index is 0.103. The molecule has 0 saturated carbocycles. The van der Waals surface area contributed by atoms with Crippen LogP contribution in [0.5, 0.6) is 0 Å². The highest BCUT2D eigenvalue weighted by Crippen LogP contribution is 2.10. The standard InChI is InChI=1S/C9H15NO/c1-3-7(2)9(11)8-5-4-6-10-8/h3,8,10H,4-6H2,1-2H3. The molecule has 1 heterocycles. The zero-order valence-corrected chi connectivity index (χ0v) is 7.18. The zero-order chi connectivity index (χ0) is 8.27. The van der Waals surface area contributed by atoms with Crippen LogP contribution in [0.25, 0.3) is 0 Å². The average Bonchev–Trinajstić information content (AvgIpc) is 2.53. The lowest BCUT2D eigenvalue weighted by Crippen LogP contribution is -2.31. The highest BCUT2D eigenvalue weighted by molar-refractivity contribution is 5.99. The van der Waals surface area contributed by atoms with Gasteiger partial charge in [-0.25, -0.2) is 0 Å². The van der Waals surface area contributed by atoms with Gasteiger partial charge >= 0.3 is 0 Å². The van der Waals surface area contributed by atoms with E-state index < -0.39 is 0 Å². The molecule has 0 aromatic carbocycles. The molecule has 0 aromatic rings. The second-order valence-electron chi connectivity index (χ2n) is 2.98. The Bertz CT molecular complexity index is 178. The van der Waals surface area contributed by atoms with Gasteiger partial charge in [-0.2, -0.15) is 0 Å². The number of Topliss-reactive ketones (excluding diaryl/α,β-unsaturated/α-hetero) is 1. The van der Waals surface area contributed by atoms with E-state index in [2.05, 4.69) is 5.32 Å². The summed E-state index contributed by atoms with van der Waals surface area (Å²) in [7, 11) is 0. The summed E-state index contributed by atoms with van der Waals surface area (Å²) in [5.41, 5.74) is 0.879. The predicted molar refractivity (Wildman–Crippen MR) is 45.5 cm³/mol. The third-order valence-corrected chi connectivity index (χ3v) is 2.20. The van der Waals surface area contributed by atoms with Gasteiger partial charge in [0.05, 0.1) is 6.04 Å². The fourth-order valence-corrected chi connectivity index (χ4v) is 1.33. The maximum atomic E-state index is 11.4. The molecule has 2 heteroatoms. The number of hydrogen-bond acceptors (Lipinski definition) is 2. The maximum absolute atomic E-state index is 11.4. The van der Waals surface area contributed by atoms with Gasteiger partial charge in [0.1, 0.15) is 0 Å². The van der Waals surface area contributed by atoms with Crippen molar-refractivity contribution < 1.29 is 4.79 Å². The van der Waals surface area contributed by atoms with Gasteiger partial charge in [0, 0.05) is 0 Å². The number of carbonyl (C=O) groups excluding carboxylic acids is 1. The van der Waals surface area contributed by atoms with E-state index in [1.54, 1.807) is 0 Å². The van der Waals surface area contributed by atoms with Crippen molar-refractivity contribution in [2.75, 3.05) is 6.54 Å². The van der Waals surface area contributed by atoms with E-state index in [0.717, 1.165) is 25.0 Å². The van der Waals surface area contributed by atoms with Crippen molar-refractivity contribution in [1.29, 1.82) is 0 Å². The third-order valence-electron chi connectivity index (χ3n) is 2.20. The number of rotatable bonds is 2. The molecule has 1 unspecified atom stereocenters. The summed E-state index contributed by atoms with van der Waals surface area (Å²) in [4.78, 5) is 11.4. The van der Waals surface area contributed by atoms with Crippen LogP contribution in [0, 0.1) is 0 Å². The van der Waals surface area contributed by atoms with Crippen LogP contribution in [-0.4, -0.2) is 18.4 Å². The molecule has 1 fully saturated rings. The number of ketones is 1. The summed E-state index contributed by atoms with van der Waals surface area (Å²) in [5.74, 6) is 0.269. The van der Waals surface area contributed by atoms with Gasteiger partial charge in [0.15, 0.2) is 5.78 Å². The van der Waals surface area contributed by atoms with Gasteiger partial charge in [-0.1, -0.05) is 6.08 Å². The topological polar surface area (TPSA) is 29.1 Å². The molecule has 11 heavy (non-hydrogen) atoms. The van der Waals surface area contributed by atoms with Crippen LogP contribution >= 0.6 is 0 Å². The molecule has 1 rings (SSSR count). The Morgan fingerprint density at radius 1 is 1.64 bits per heavy atom. The van der Waals surface area contributed by atoms with E-state index in [0.29, 0.717) is 0 Å². The molecule has 0 aromatic heterocycles. The lowest BCUT2D eigenvalue weighted by Gasteiger charge is -2.07. The van der Waals surface area contributed by atoms with Gasteiger partial charge in [-0.3, -0.25) is 4.79 Å². The lowest BCUT2D eigenvalue weighted by molar-refractivity contribution is -0.117. The third kappa shape index (κ3) is 1.90. The molecule has 1 aliphatic heterocycles. The molecule has 1 N–H and O–H groups in total. The van der Waals surface area contributed by atoms with Crippen molar-refractivity contribution in [1.82, 2.24) is 5.32 Å². The van der Waals surface area contributed by atoms with Crippen molar-refractivity contribution in [3.8, 4) is 0 Å². The second-order valence-corrected chi connectivity index (χ2v) is 2.98. The number of allylic oxidation sites excluding steroid dienone is 1. The van der Waals surface area contributed by atoms with Crippen LogP contribution in [-0.2, 0) is 4.79 Å². The van der Waals surface area contributed by atoms with Crippen LogP contribution in [0.3, 0.4) is 0 Å². The van der Waals surface area contributed by atoms with Crippen LogP contribution in [0.4, 0.5) is 0 Å². The summed E-state index contributed by atoms with van der Waals surface area (Å²) >= 11 is 0. The first-order chi connectivity index (χ1) is 5.25. The first-order valence-corrected chi connectivity index (χ1v) is 4.16. The molecule has 0 radical (unpaired) electrons. The summed E-state index contributed by atoms with van der Waals surface area (Å²) in [6.07, 6.45) is 4.01. The fourth-order valence-electron chi connectivity index (χ4n) is 1.33. The average molecular weight is 153 g/mol. The number of nitrogens with one attached hydrogen (secondary N) is 1. The van der Waals surface area contributed by atoms with Crippen LogP contribution in [0.15, 0.2) is 11.6 Å². The highest BCUT2D eigenvalue weighted by Gasteiger charge is 2.21. The fraction of sp³-hybridized carbons (Fsp3) is 0.667. The van der Waals surface area contributed by atoms with E-state index in [9.17, 15) is 4.79 Å². The molecular formula is C9H15NO. The van der Waals surface area contributed by atoms with Gasteiger partial charge < -0.3 is 5.32 Å². The van der Waals surface area contributed by atoms with Gasteiger partial charge in [-0.05, 0) is 38.8 Å². The van der Waals surface area contributed by atoms with E-state index in [1.807, 2.05) is 19.9 Å². The minimum atomic E-state index is 0.103. The molecule has 1 atom stereocenters. The summed E-state index contributed by atoms with van der Waals surface area (Å²) in [6, 6.07) is 0.103. The second kappa shape index (κ2) is 3.67. The van der Waals surface area contributed by atoms with Gasteiger partial charge in [0.2, 0.25) is 0 Å². The Kier molecular flexibility index (Phi) is 2.83. The molecule has 1 saturated heterocycles. The molecule has 2 nitrogen and oxygen atoms in total. The normalized spacial score (nSPS) is 25.6. The monoisotopic (exact) mass is 153 g/mol. The maximum Gasteiger partial charge on any atom is 0.175 e. The van der Waals surface area contributed by atoms with Gasteiger partial charge in [0.25, 0.3) is 0 Å². The van der Waals surface area contributed by atoms with Gasteiger partial charge in [-0.15, -0.1) is 0 Å². The minimum Gasteiger partial charge on any atom is -0.307 e. The van der Waals surface area contributed by atoms with Crippen molar-refractivity contribution in [2.45, 2.75) is 32.7 Å². The quantitative estimate of drug-likeness (QED) is 0.605. The SMILES string of the molecule is CC=C(C)C(=O)C1CCCN1. The number of carbonyl (C=O) groups is 1. The summed E-state index contributed by atoms with van der Waals surface area (Å²) in [5, 5.41) is 3.18. The molecule has 0 bridgehead atoms. The predicted octanol–water partition coefficient (Wildman–Crippen LogP) is 1.27. The Balaban J connectivity index is 2.53. The van der Waals surface area contributed by atoms with E-state index in [4.69, 9.17) is 0 Å². The van der Waals surface area contributed by atoms with Crippen molar-refractivity contribution in [2.24, 2.45) is 0 Å². The van der Waals surface area contributed by atoms with Crippen molar-refractivity contribution >= 4 is 5.78 Å². The van der Waals surface area contributed by atoms with E-state index >= 15 is 0 Å². The summed E-state index contributed by atoms with van der Waals surface area (Å²) in [6.45, 7) is 4.78. The Morgan fingerprint density at radius 3 is 2.82 bits per heavy atom. The Morgan fingerprint density at radius 2 is 2.36 bits per heavy atom. The first kappa shape index (κ1) is 8.47. The Hall–Kier alpha value is -0.630. The molecule has 1 aliphatic rings. The van der Waals surface area contributed by atoms with Crippen LogP contribution in [0.2, 0.25) is 0 Å². The molecule has 62 valence electrons. The van der Waals surface area contributed by atoms with Crippen LogP contribution < -0.4 is 5.32 Å². The lowest BCUT2D eigenvalue weighted by atomic mass is 10.0.